The van der Waals surface area contributed by atoms with Gasteiger partial charge in [0, 0.05) is 18.9 Å². The molecule has 6 nitrogen and oxygen atoms in total. The van der Waals surface area contributed by atoms with Gasteiger partial charge in [0.15, 0.2) is 0 Å². The molecule has 37 heavy (non-hydrogen) atoms. The van der Waals surface area contributed by atoms with Crippen molar-refractivity contribution in [1.82, 2.24) is 4.90 Å². The van der Waals surface area contributed by atoms with E-state index in [0.29, 0.717) is 23.6 Å². The van der Waals surface area contributed by atoms with Gasteiger partial charge < -0.3 is 19.1 Å². The average Bonchev–Trinajstić information content (AvgIpc) is 2.90. The summed E-state index contributed by atoms with van der Waals surface area (Å²) in [6.07, 6.45) is 3.33. The molecule has 1 aliphatic rings. The first-order valence-electron chi connectivity index (χ1n) is 12.1. The van der Waals surface area contributed by atoms with Gasteiger partial charge >= 0.3 is 11.9 Å². The van der Waals surface area contributed by atoms with Gasteiger partial charge in [-0.15, -0.1) is 0 Å². The zero-order valence-electron chi connectivity index (χ0n) is 20.7. The topological polar surface area (TPSA) is 65.1 Å². The van der Waals surface area contributed by atoms with Crippen molar-refractivity contribution < 1.29 is 28.2 Å². The van der Waals surface area contributed by atoms with Gasteiger partial charge in [-0.1, -0.05) is 42.5 Å². The van der Waals surface area contributed by atoms with Crippen molar-refractivity contribution in [3.05, 3.63) is 119 Å². The number of hydrogen-bond donors (Lipinski definition) is 0. The summed E-state index contributed by atoms with van der Waals surface area (Å²) in [5, 5.41) is 0. The Kier molecular flexibility index (Phi) is 8.36. The van der Waals surface area contributed by atoms with Gasteiger partial charge in [0.25, 0.3) is 0 Å². The first kappa shape index (κ1) is 25.7. The number of hydrogen-bond acceptors (Lipinski definition) is 6. The number of nitrogens with zero attached hydrogens (tertiary/aromatic N) is 1. The summed E-state index contributed by atoms with van der Waals surface area (Å²) < 4.78 is 30.1. The maximum absolute atomic E-state index is 13.4. The molecule has 3 aromatic carbocycles. The number of halogens is 1. The first-order valence-corrected chi connectivity index (χ1v) is 12.1. The molecule has 0 radical (unpaired) electrons. The van der Waals surface area contributed by atoms with Crippen LogP contribution in [0.3, 0.4) is 0 Å². The Bertz CT molecular complexity index is 1270. The van der Waals surface area contributed by atoms with Crippen LogP contribution in [0.1, 0.15) is 30.9 Å². The monoisotopic (exact) mass is 501 g/mol. The van der Waals surface area contributed by atoms with E-state index in [1.54, 1.807) is 49.3 Å². The lowest BCUT2D eigenvalue weighted by atomic mass is 9.83. The van der Waals surface area contributed by atoms with E-state index in [0.717, 1.165) is 5.56 Å². The fraction of sp³-hybridized carbons (Fsp3) is 0.200. The second-order valence-corrected chi connectivity index (χ2v) is 8.33. The van der Waals surface area contributed by atoms with E-state index in [1.165, 1.54) is 12.1 Å². The Morgan fingerprint density at radius 2 is 1.38 bits per heavy atom. The van der Waals surface area contributed by atoms with E-state index in [-0.39, 0.29) is 30.2 Å². The summed E-state index contributed by atoms with van der Waals surface area (Å²) in [6.45, 7) is 4.12. The van der Waals surface area contributed by atoms with E-state index in [2.05, 4.69) is 0 Å². The molecule has 0 spiro atoms. The van der Waals surface area contributed by atoms with Gasteiger partial charge in [0.1, 0.15) is 17.3 Å². The Hall–Kier alpha value is -4.39. The molecular weight excluding hydrogens is 473 g/mol. The molecule has 7 heteroatoms. The number of para-hydroxylation sites is 1. The van der Waals surface area contributed by atoms with E-state index in [1.807, 2.05) is 48.5 Å². The van der Waals surface area contributed by atoms with E-state index in [9.17, 15) is 14.0 Å². The van der Waals surface area contributed by atoms with E-state index in [4.69, 9.17) is 14.2 Å². The molecule has 1 heterocycles. The molecule has 1 aliphatic heterocycles. The highest BCUT2D eigenvalue weighted by Crippen LogP contribution is 2.39. The van der Waals surface area contributed by atoms with E-state index < -0.39 is 17.9 Å². The lowest BCUT2D eigenvalue weighted by Gasteiger charge is -2.30. The fourth-order valence-corrected chi connectivity index (χ4v) is 4.11. The van der Waals surface area contributed by atoms with Crippen molar-refractivity contribution in [1.29, 1.82) is 0 Å². The molecule has 0 saturated carbocycles. The van der Waals surface area contributed by atoms with Gasteiger partial charge in [-0.2, -0.15) is 0 Å². The zero-order chi connectivity index (χ0) is 26.2. The second kappa shape index (κ2) is 12.0. The van der Waals surface area contributed by atoms with Crippen molar-refractivity contribution in [3.63, 3.8) is 0 Å². The molecule has 0 N–H and O–H groups in total. The normalized spacial score (nSPS) is 13.4. The van der Waals surface area contributed by atoms with Crippen LogP contribution in [0.5, 0.6) is 11.5 Å². The maximum Gasteiger partial charge on any atom is 0.336 e. The van der Waals surface area contributed by atoms with E-state index >= 15 is 0 Å². The third-order valence-corrected chi connectivity index (χ3v) is 5.70. The highest BCUT2D eigenvalue weighted by Gasteiger charge is 2.35. The van der Waals surface area contributed by atoms with Crippen LogP contribution in [-0.2, 0) is 25.6 Å². The standard InChI is InChI=1S/C30H28FNO5/c1-3-35-29(33)26-19-32(18-21-13-15-23(31)16-14-21)20-27(30(34)36-4-2)28(26)22-9-8-12-25(17-22)37-24-10-6-5-7-11-24/h5-17,19-20,28H,3-4,18H2,1-2H3. The first-order chi connectivity index (χ1) is 18.0. The third-order valence-electron chi connectivity index (χ3n) is 5.70. The maximum atomic E-state index is 13.4. The number of ether oxygens (including phenoxy) is 3. The van der Waals surface area contributed by atoms with Crippen LogP contribution in [0.25, 0.3) is 0 Å². The molecule has 0 aliphatic carbocycles. The fourth-order valence-electron chi connectivity index (χ4n) is 4.11. The summed E-state index contributed by atoms with van der Waals surface area (Å²) in [6, 6.07) is 22.6. The molecule has 0 amide bonds. The Morgan fingerprint density at radius 1 is 0.784 bits per heavy atom. The lowest BCUT2D eigenvalue weighted by Crippen LogP contribution is -2.29. The van der Waals surface area contributed by atoms with Crippen LogP contribution >= 0.6 is 0 Å². The van der Waals surface area contributed by atoms with Gasteiger partial charge in [0.2, 0.25) is 0 Å². The number of carbonyl (C=O) groups excluding carboxylic acids is 2. The average molecular weight is 502 g/mol. The molecule has 0 fully saturated rings. The largest absolute Gasteiger partial charge is 0.463 e. The SMILES string of the molecule is CCOC(=O)C1=CN(Cc2ccc(F)cc2)C=C(C(=O)OCC)C1c1cccc(Oc2ccccc2)c1. The number of rotatable bonds is 9. The predicted octanol–water partition coefficient (Wildman–Crippen LogP) is 6.11. The molecule has 0 unspecified atom stereocenters. The smallest absolute Gasteiger partial charge is 0.336 e. The van der Waals surface area contributed by atoms with Gasteiger partial charge in [-0.25, -0.2) is 14.0 Å². The number of esters is 2. The molecule has 0 aromatic heterocycles. The lowest BCUT2D eigenvalue weighted by molar-refractivity contribution is -0.139. The van der Waals surface area contributed by atoms with Crippen LogP contribution in [0.2, 0.25) is 0 Å². The highest BCUT2D eigenvalue weighted by molar-refractivity contribution is 5.98. The van der Waals surface area contributed by atoms with Gasteiger partial charge in [0.05, 0.1) is 30.3 Å². The highest BCUT2D eigenvalue weighted by atomic mass is 19.1. The number of benzene rings is 3. The van der Waals surface area contributed by atoms with Gasteiger partial charge in [-0.05, 0) is 61.4 Å². The predicted molar refractivity (Wildman–Crippen MR) is 137 cm³/mol. The molecule has 4 rings (SSSR count). The van der Waals surface area contributed by atoms with Crippen LogP contribution in [0, 0.1) is 5.82 Å². The summed E-state index contributed by atoms with van der Waals surface area (Å²) in [4.78, 5) is 28.0. The quantitative estimate of drug-likeness (QED) is 0.330. The van der Waals surface area contributed by atoms with Crippen LogP contribution in [0.15, 0.2) is 102 Å². The molecule has 0 atom stereocenters. The number of carbonyl (C=O) groups is 2. The minimum Gasteiger partial charge on any atom is -0.463 e. The Labute approximate surface area is 215 Å². The summed E-state index contributed by atoms with van der Waals surface area (Å²) >= 11 is 0. The van der Waals surface area contributed by atoms with Crippen molar-refractivity contribution in [2.75, 3.05) is 13.2 Å². The minimum atomic E-state index is -0.734. The third kappa shape index (κ3) is 6.44. The van der Waals surface area contributed by atoms with Gasteiger partial charge in [-0.3, -0.25) is 0 Å². The van der Waals surface area contributed by atoms with Crippen LogP contribution in [0.4, 0.5) is 4.39 Å². The molecule has 190 valence electrons. The molecule has 0 saturated heterocycles. The summed E-state index contributed by atoms with van der Waals surface area (Å²) in [5.74, 6) is -0.936. The van der Waals surface area contributed by atoms with Crippen molar-refractivity contribution in [2.24, 2.45) is 0 Å². The Morgan fingerprint density at radius 3 is 1.97 bits per heavy atom. The van der Waals surface area contributed by atoms with Crippen LogP contribution < -0.4 is 4.74 Å². The Balaban J connectivity index is 1.75. The van der Waals surface area contributed by atoms with Crippen LogP contribution in [-0.4, -0.2) is 30.1 Å². The van der Waals surface area contributed by atoms with Crippen molar-refractivity contribution in [2.45, 2.75) is 26.3 Å². The minimum absolute atomic E-state index is 0.177. The summed E-state index contributed by atoms with van der Waals surface area (Å²) in [7, 11) is 0. The molecular formula is C30H28FNO5. The zero-order valence-corrected chi connectivity index (χ0v) is 20.7. The van der Waals surface area contributed by atoms with Crippen molar-refractivity contribution in [3.8, 4) is 11.5 Å². The summed E-state index contributed by atoms with van der Waals surface area (Å²) in [5.41, 5.74) is 2.04. The molecule has 0 bridgehead atoms. The molecule has 3 aromatic rings. The van der Waals surface area contributed by atoms with Crippen molar-refractivity contribution >= 4 is 11.9 Å². The second-order valence-electron chi connectivity index (χ2n) is 8.33.